The Morgan fingerprint density at radius 2 is 1.71 bits per heavy atom. The molecule has 1 aliphatic carbocycles. The SMILES string of the molecule is O=S(=O)(O)C(=C1CC1)c1ccccc1. The third-order valence-electron chi connectivity index (χ3n) is 2.12. The minimum absolute atomic E-state index is 0.0955. The summed E-state index contributed by atoms with van der Waals surface area (Å²) in [4.78, 5) is 0.0955. The molecule has 0 aliphatic heterocycles. The molecule has 0 heterocycles. The number of allylic oxidation sites excluding steroid dienone is 1. The third-order valence-corrected chi connectivity index (χ3v) is 3.16. The molecule has 1 saturated carbocycles. The van der Waals surface area contributed by atoms with Gasteiger partial charge in [0, 0.05) is 0 Å². The largest absolute Gasteiger partial charge is 0.295 e. The molecule has 0 bridgehead atoms. The number of hydrogen-bond donors (Lipinski definition) is 1. The highest BCUT2D eigenvalue weighted by molar-refractivity contribution is 7.95. The van der Waals surface area contributed by atoms with Crippen molar-refractivity contribution >= 4 is 15.0 Å². The van der Waals surface area contributed by atoms with E-state index in [9.17, 15) is 8.42 Å². The summed E-state index contributed by atoms with van der Waals surface area (Å²) in [6.07, 6.45) is 1.54. The van der Waals surface area contributed by atoms with Crippen molar-refractivity contribution in [1.82, 2.24) is 0 Å². The maximum atomic E-state index is 11.1. The summed E-state index contributed by atoms with van der Waals surface area (Å²) < 4.78 is 31.3. The van der Waals surface area contributed by atoms with Crippen LogP contribution in [0.2, 0.25) is 0 Å². The Balaban J connectivity index is 2.56. The first-order chi connectivity index (χ1) is 6.59. The lowest BCUT2D eigenvalue weighted by Gasteiger charge is -2.02. The van der Waals surface area contributed by atoms with Crippen LogP contribution in [0.4, 0.5) is 0 Å². The number of rotatable bonds is 2. The van der Waals surface area contributed by atoms with Crippen molar-refractivity contribution in [3.05, 3.63) is 41.5 Å². The molecule has 2 rings (SSSR count). The second-order valence-electron chi connectivity index (χ2n) is 3.27. The van der Waals surface area contributed by atoms with Crippen molar-refractivity contribution in [3.63, 3.8) is 0 Å². The molecule has 1 aliphatic rings. The van der Waals surface area contributed by atoms with E-state index < -0.39 is 10.1 Å². The van der Waals surface area contributed by atoms with Gasteiger partial charge < -0.3 is 0 Å². The summed E-state index contributed by atoms with van der Waals surface area (Å²) in [7, 11) is -4.08. The lowest BCUT2D eigenvalue weighted by Crippen LogP contribution is -2.00. The van der Waals surface area contributed by atoms with E-state index in [-0.39, 0.29) is 4.91 Å². The molecule has 0 unspecified atom stereocenters. The molecule has 1 aromatic rings. The molecule has 1 aromatic carbocycles. The van der Waals surface area contributed by atoms with E-state index >= 15 is 0 Å². The smallest absolute Gasteiger partial charge is 0.282 e. The molecule has 0 saturated heterocycles. The minimum atomic E-state index is -4.08. The van der Waals surface area contributed by atoms with Gasteiger partial charge in [-0.1, -0.05) is 30.3 Å². The molecule has 0 radical (unpaired) electrons. The van der Waals surface area contributed by atoms with Crippen LogP contribution >= 0.6 is 0 Å². The first-order valence-electron chi connectivity index (χ1n) is 4.34. The van der Waals surface area contributed by atoms with Gasteiger partial charge in [-0.15, -0.1) is 0 Å². The van der Waals surface area contributed by atoms with Gasteiger partial charge in [-0.25, -0.2) is 0 Å². The predicted molar refractivity (Wildman–Crippen MR) is 54.1 cm³/mol. The van der Waals surface area contributed by atoms with E-state index in [1.165, 1.54) is 0 Å². The fourth-order valence-corrected chi connectivity index (χ4v) is 2.42. The van der Waals surface area contributed by atoms with Crippen molar-refractivity contribution < 1.29 is 13.0 Å². The van der Waals surface area contributed by atoms with Gasteiger partial charge >= 0.3 is 0 Å². The Kier molecular flexibility index (Phi) is 2.17. The van der Waals surface area contributed by atoms with Crippen molar-refractivity contribution in [2.45, 2.75) is 12.8 Å². The monoisotopic (exact) mass is 210 g/mol. The van der Waals surface area contributed by atoms with Gasteiger partial charge in [0.2, 0.25) is 0 Å². The Morgan fingerprint density at radius 3 is 2.14 bits per heavy atom. The fraction of sp³-hybridized carbons (Fsp3) is 0.200. The molecule has 0 amide bonds. The Hall–Kier alpha value is -1.13. The van der Waals surface area contributed by atoms with Crippen LogP contribution < -0.4 is 0 Å². The van der Waals surface area contributed by atoms with Crippen LogP contribution in [-0.2, 0) is 10.1 Å². The topological polar surface area (TPSA) is 54.4 Å². The van der Waals surface area contributed by atoms with E-state index in [0.717, 1.165) is 18.4 Å². The van der Waals surface area contributed by atoms with E-state index in [4.69, 9.17) is 4.55 Å². The normalized spacial score (nSPS) is 15.4. The Bertz CT molecular complexity index is 465. The molecule has 3 nitrogen and oxygen atoms in total. The van der Waals surface area contributed by atoms with Crippen LogP contribution in [0.25, 0.3) is 4.91 Å². The van der Waals surface area contributed by atoms with Gasteiger partial charge in [0.25, 0.3) is 10.1 Å². The molecule has 4 heteroatoms. The van der Waals surface area contributed by atoms with E-state index in [1.807, 2.05) is 6.07 Å². The lowest BCUT2D eigenvalue weighted by atomic mass is 10.2. The molecule has 0 aromatic heterocycles. The highest BCUT2D eigenvalue weighted by Gasteiger charge is 2.27. The zero-order chi connectivity index (χ0) is 10.2. The van der Waals surface area contributed by atoms with Gasteiger partial charge in [0.15, 0.2) is 0 Å². The van der Waals surface area contributed by atoms with Crippen LogP contribution in [0, 0.1) is 0 Å². The number of benzene rings is 1. The van der Waals surface area contributed by atoms with Crippen molar-refractivity contribution in [2.24, 2.45) is 0 Å². The molecular weight excluding hydrogens is 200 g/mol. The average Bonchev–Trinajstić information content (AvgIpc) is 2.88. The maximum Gasteiger partial charge on any atom is 0.295 e. The van der Waals surface area contributed by atoms with Crippen molar-refractivity contribution in [1.29, 1.82) is 0 Å². The van der Waals surface area contributed by atoms with Crippen LogP contribution in [0.15, 0.2) is 35.9 Å². The molecule has 1 N–H and O–H groups in total. The number of hydrogen-bond acceptors (Lipinski definition) is 2. The van der Waals surface area contributed by atoms with Gasteiger partial charge in [-0.3, -0.25) is 4.55 Å². The Labute approximate surface area is 82.8 Å². The highest BCUT2D eigenvalue weighted by Crippen LogP contribution is 2.38. The third kappa shape index (κ3) is 1.86. The van der Waals surface area contributed by atoms with Crippen molar-refractivity contribution in [3.8, 4) is 0 Å². The molecule has 14 heavy (non-hydrogen) atoms. The van der Waals surface area contributed by atoms with E-state index in [1.54, 1.807) is 24.3 Å². The standard InChI is InChI=1S/C10H10O3S/c11-14(12,13)10(9-6-7-9)8-4-2-1-3-5-8/h1-5H,6-7H2,(H,11,12,13). The molecular formula is C10H10O3S. The van der Waals surface area contributed by atoms with Gasteiger partial charge in [0.05, 0.1) is 0 Å². The summed E-state index contributed by atoms with van der Waals surface area (Å²) >= 11 is 0. The highest BCUT2D eigenvalue weighted by atomic mass is 32.2. The molecule has 1 fully saturated rings. The summed E-state index contributed by atoms with van der Waals surface area (Å²) in [5.74, 6) is 0. The second kappa shape index (κ2) is 3.22. The van der Waals surface area contributed by atoms with Gasteiger partial charge in [-0.2, -0.15) is 8.42 Å². The second-order valence-corrected chi connectivity index (χ2v) is 4.63. The summed E-state index contributed by atoms with van der Waals surface area (Å²) in [5.41, 5.74) is 1.39. The molecule has 74 valence electrons. The first-order valence-corrected chi connectivity index (χ1v) is 5.78. The fourth-order valence-electron chi connectivity index (χ4n) is 1.41. The quantitative estimate of drug-likeness (QED) is 0.760. The predicted octanol–water partition coefficient (Wildman–Crippen LogP) is 2.08. The lowest BCUT2D eigenvalue weighted by molar-refractivity contribution is 0.496. The first kappa shape index (κ1) is 9.43. The summed E-state index contributed by atoms with van der Waals surface area (Å²) in [6.45, 7) is 0. The summed E-state index contributed by atoms with van der Waals surface area (Å²) in [6, 6.07) is 8.69. The zero-order valence-electron chi connectivity index (χ0n) is 7.47. The van der Waals surface area contributed by atoms with Crippen LogP contribution in [0.1, 0.15) is 18.4 Å². The van der Waals surface area contributed by atoms with E-state index in [2.05, 4.69) is 0 Å². The zero-order valence-corrected chi connectivity index (χ0v) is 8.29. The average molecular weight is 210 g/mol. The maximum absolute atomic E-state index is 11.1. The van der Waals surface area contributed by atoms with Gasteiger partial charge in [-0.05, 0) is 24.0 Å². The Morgan fingerprint density at radius 1 is 1.14 bits per heavy atom. The van der Waals surface area contributed by atoms with Crippen LogP contribution in [0.3, 0.4) is 0 Å². The van der Waals surface area contributed by atoms with Crippen molar-refractivity contribution in [2.75, 3.05) is 0 Å². The summed E-state index contributed by atoms with van der Waals surface area (Å²) in [5, 5.41) is 0. The van der Waals surface area contributed by atoms with Crippen LogP contribution in [0.5, 0.6) is 0 Å². The molecule has 0 spiro atoms. The van der Waals surface area contributed by atoms with E-state index in [0.29, 0.717) is 5.56 Å². The minimum Gasteiger partial charge on any atom is -0.282 e. The van der Waals surface area contributed by atoms with Gasteiger partial charge in [0.1, 0.15) is 4.91 Å². The van der Waals surface area contributed by atoms with Crippen LogP contribution in [-0.4, -0.2) is 13.0 Å². The molecule has 0 atom stereocenters.